The van der Waals surface area contributed by atoms with Crippen molar-refractivity contribution in [2.24, 2.45) is 0 Å². The Bertz CT molecular complexity index is 1050. The van der Waals surface area contributed by atoms with Crippen LogP contribution in [0.5, 0.6) is 0 Å². The predicted octanol–water partition coefficient (Wildman–Crippen LogP) is 4.33. The van der Waals surface area contributed by atoms with Crippen LogP contribution in [0.4, 0.5) is 4.79 Å². The van der Waals surface area contributed by atoms with Crippen molar-refractivity contribution >= 4 is 30.8 Å². The number of ether oxygens (including phenoxy) is 1. The maximum atomic E-state index is 12.5. The van der Waals surface area contributed by atoms with E-state index in [0.29, 0.717) is 0 Å². The summed E-state index contributed by atoms with van der Waals surface area (Å²) < 4.78 is 12.1. The molecule has 35 heavy (non-hydrogen) atoms. The van der Waals surface area contributed by atoms with Gasteiger partial charge in [-0.1, -0.05) is 112 Å². The van der Waals surface area contributed by atoms with Crippen LogP contribution >= 0.6 is 0 Å². The molecule has 0 heterocycles. The largest absolute Gasteiger partial charge is 0.481 e. The SMILES string of the molecule is CC(C)(C)[Si](OC[C@H](CC(=O)O)NC(=O)OCc1ccccc1)(c1ccccc1)c1ccccc1. The van der Waals surface area contributed by atoms with Gasteiger partial charge in [0, 0.05) is 0 Å². The van der Waals surface area contributed by atoms with Crippen molar-refractivity contribution in [3.05, 3.63) is 96.6 Å². The van der Waals surface area contributed by atoms with Gasteiger partial charge in [-0.05, 0) is 21.0 Å². The first-order valence-corrected chi connectivity index (χ1v) is 13.6. The molecule has 0 saturated heterocycles. The highest BCUT2D eigenvalue weighted by molar-refractivity contribution is 6.99. The number of aliphatic carboxylic acids is 1. The first-order valence-electron chi connectivity index (χ1n) is 11.7. The van der Waals surface area contributed by atoms with Crippen LogP contribution in [-0.2, 0) is 20.6 Å². The highest BCUT2D eigenvalue weighted by atomic mass is 28.4. The molecule has 0 aromatic heterocycles. The zero-order valence-corrected chi connectivity index (χ0v) is 21.4. The third-order valence-corrected chi connectivity index (χ3v) is 10.9. The molecule has 0 aliphatic heterocycles. The summed E-state index contributed by atoms with van der Waals surface area (Å²) in [4.78, 5) is 24.1. The van der Waals surface area contributed by atoms with Crippen molar-refractivity contribution in [3.8, 4) is 0 Å². The zero-order chi connectivity index (χ0) is 25.3. The Morgan fingerprint density at radius 2 is 1.34 bits per heavy atom. The van der Waals surface area contributed by atoms with E-state index in [1.807, 2.05) is 66.7 Å². The summed E-state index contributed by atoms with van der Waals surface area (Å²) in [5.41, 5.74) is 0.848. The minimum atomic E-state index is -2.87. The lowest BCUT2D eigenvalue weighted by Crippen LogP contribution is -2.67. The fraction of sp³-hybridized carbons (Fsp3) is 0.286. The Labute approximate surface area is 208 Å². The highest BCUT2D eigenvalue weighted by Crippen LogP contribution is 2.36. The second kappa shape index (κ2) is 11.8. The maximum Gasteiger partial charge on any atom is 0.407 e. The van der Waals surface area contributed by atoms with Gasteiger partial charge in [0.1, 0.15) is 6.61 Å². The fourth-order valence-corrected chi connectivity index (χ4v) is 8.89. The van der Waals surface area contributed by atoms with E-state index in [1.165, 1.54) is 0 Å². The Morgan fingerprint density at radius 1 is 0.857 bits per heavy atom. The number of rotatable bonds is 10. The number of benzene rings is 3. The topological polar surface area (TPSA) is 84.9 Å². The normalized spacial score (nSPS) is 12.5. The average molecular weight is 492 g/mol. The highest BCUT2D eigenvalue weighted by Gasteiger charge is 2.50. The molecule has 0 saturated carbocycles. The summed E-state index contributed by atoms with van der Waals surface area (Å²) in [6.07, 6.45) is -0.954. The molecule has 0 aliphatic rings. The molecule has 7 heteroatoms. The number of nitrogens with one attached hydrogen (secondary N) is 1. The Morgan fingerprint density at radius 3 is 1.80 bits per heavy atom. The van der Waals surface area contributed by atoms with Crippen molar-refractivity contribution in [1.29, 1.82) is 0 Å². The van der Waals surface area contributed by atoms with Gasteiger partial charge in [0.2, 0.25) is 0 Å². The number of hydrogen-bond donors (Lipinski definition) is 2. The monoisotopic (exact) mass is 491 g/mol. The van der Waals surface area contributed by atoms with Crippen LogP contribution in [0.15, 0.2) is 91.0 Å². The standard InChI is InChI=1S/C28H33NO5Si/c1-28(2,3)35(24-15-9-5-10-16-24,25-17-11-6-12-18-25)34-21-23(19-26(30)31)29-27(32)33-20-22-13-7-4-8-14-22/h4-18,23H,19-21H2,1-3H3,(H,29,32)(H,30,31)/t23-/m0/s1. The van der Waals surface area contributed by atoms with Crippen LogP contribution in [0.1, 0.15) is 32.8 Å². The van der Waals surface area contributed by atoms with Crippen molar-refractivity contribution in [2.45, 2.75) is 44.9 Å². The quantitative estimate of drug-likeness (QED) is 0.412. The summed E-state index contributed by atoms with van der Waals surface area (Å²) in [7, 11) is -2.87. The molecule has 0 aliphatic carbocycles. The third-order valence-electron chi connectivity index (χ3n) is 5.87. The summed E-state index contributed by atoms with van der Waals surface area (Å²) in [5.74, 6) is -1.02. The van der Waals surface area contributed by atoms with Crippen LogP contribution in [-0.4, -0.2) is 38.1 Å². The van der Waals surface area contributed by atoms with Gasteiger partial charge >= 0.3 is 12.1 Å². The summed E-state index contributed by atoms with van der Waals surface area (Å²) in [6, 6.07) is 28.7. The number of carbonyl (C=O) groups is 2. The lowest BCUT2D eigenvalue weighted by Gasteiger charge is -2.43. The maximum absolute atomic E-state index is 12.5. The molecule has 0 unspecified atom stereocenters. The molecular formula is C28H33NO5Si. The van der Waals surface area contributed by atoms with Crippen molar-refractivity contribution < 1.29 is 23.9 Å². The summed E-state index contributed by atoms with van der Waals surface area (Å²) in [5, 5.41) is 14.1. The molecule has 184 valence electrons. The summed E-state index contributed by atoms with van der Waals surface area (Å²) in [6.45, 7) is 6.58. The first kappa shape index (κ1) is 26.2. The van der Waals surface area contributed by atoms with Gasteiger partial charge in [-0.25, -0.2) is 4.79 Å². The number of carbonyl (C=O) groups excluding carboxylic acids is 1. The minimum absolute atomic E-state index is 0.0417. The molecule has 3 rings (SSSR count). The molecule has 0 bridgehead atoms. The lowest BCUT2D eigenvalue weighted by atomic mass is 10.2. The molecule has 0 radical (unpaired) electrons. The molecule has 3 aromatic carbocycles. The molecular weight excluding hydrogens is 458 g/mol. The Hall–Kier alpha value is -3.42. The number of carboxylic acids is 1. The lowest BCUT2D eigenvalue weighted by molar-refractivity contribution is -0.137. The van der Waals surface area contributed by atoms with E-state index in [9.17, 15) is 14.7 Å². The van der Waals surface area contributed by atoms with Crippen molar-refractivity contribution in [1.82, 2.24) is 5.32 Å². The van der Waals surface area contributed by atoms with E-state index in [2.05, 4.69) is 50.4 Å². The van der Waals surface area contributed by atoms with Gasteiger partial charge in [0.05, 0.1) is 19.1 Å². The first-order chi connectivity index (χ1) is 16.7. The molecule has 0 fully saturated rings. The minimum Gasteiger partial charge on any atom is -0.481 e. The van der Waals surface area contributed by atoms with Gasteiger partial charge in [0.25, 0.3) is 8.32 Å². The van der Waals surface area contributed by atoms with Crippen LogP contribution in [0.2, 0.25) is 5.04 Å². The second-order valence-corrected chi connectivity index (χ2v) is 13.8. The number of alkyl carbamates (subject to hydrolysis) is 1. The van der Waals surface area contributed by atoms with Crippen LogP contribution in [0.25, 0.3) is 0 Å². The molecule has 3 aromatic rings. The average Bonchev–Trinajstić information content (AvgIpc) is 2.84. The molecule has 6 nitrogen and oxygen atoms in total. The van der Waals surface area contributed by atoms with Crippen LogP contribution < -0.4 is 15.7 Å². The molecule has 2 N–H and O–H groups in total. The Balaban J connectivity index is 1.84. The van der Waals surface area contributed by atoms with E-state index in [4.69, 9.17) is 9.16 Å². The molecule has 0 spiro atoms. The summed E-state index contributed by atoms with van der Waals surface area (Å²) >= 11 is 0. The van der Waals surface area contributed by atoms with E-state index >= 15 is 0 Å². The predicted molar refractivity (Wildman–Crippen MR) is 139 cm³/mol. The van der Waals surface area contributed by atoms with Gasteiger partial charge in [0.15, 0.2) is 0 Å². The third kappa shape index (κ3) is 6.80. The fourth-order valence-electron chi connectivity index (χ4n) is 4.28. The molecule has 1 atom stereocenters. The second-order valence-electron chi connectivity index (χ2n) is 9.48. The van der Waals surface area contributed by atoms with Gasteiger partial charge in [-0.15, -0.1) is 0 Å². The number of amides is 1. The number of hydrogen-bond acceptors (Lipinski definition) is 4. The Kier molecular flexibility index (Phi) is 8.84. The van der Waals surface area contributed by atoms with Crippen LogP contribution in [0, 0.1) is 0 Å². The van der Waals surface area contributed by atoms with Crippen LogP contribution in [0.3, 0.4) is 0 Å². The van der Waals surface area contributed by atoms with E-state index < -0.39 is 26.4 Å². The van der Waals surface area contributed by atoms with Crippen molar-refractivity contribution in [3.63, 3.8) is 0 Å². The zero-order valence-electron chi connectivity index (χ0n) is 20.4. The van der Waals surface area contributed by atoms with Gasteiger partial charge in [-0.3, -0.25) is 4.79 Å². The van der Waals surface area contributed by atoms with E-state index in [-0.39, 0.29) is 24.7 Å². The van der Waals surface area contributed by atoms with Crippen molar-refractivity contribution in [2.75, 3.05) is 6.61 Å². The number of carboxylic acid groups (broad SMARTS) is 1. The smallest absolute Gasteiger partial charge is 0.407 e. The molecule has 1 amide bonds. The van der Waals surface area contributed by atoms with Gasteiger partial charge < -0.3 is 19.6 Å². The van der Waals surface area contributed by atoms with E-state index in [1.54, 1.807) is 0 Å². The van der Waals surface area contributed by atoms with Gasteiger partial charge in [-0.2, -0.15) is 0 Å². The van der Waals surface area contributed by atoms with E-state index in [0.717, 1.165) is 15.9 Å².